The molecule has 0 atom stereocenters. The number of hydrogen-bond donors (Lipinski definition) is 0. The summed E-state index contributed by atoms with van der Waals surface area (Å²) in [5, 5.41) is 8.62. The fourth-order valence-electron chi connectivity index (χ4n) is 1.32. The van der Waals surface area contributed by atoms with Crippen molar-refractivity contribution >= 4 is 12.0 Å². The van der Waals surface area contributed by atoms with E-state index >= 15 is 0 Å². The molecule has 0 saturated heterocycles. The number of halogens is 2. The van der Waals surface area contributed by atoms with E-state index in [4.69, 9.17) is 9.44 Å². The Bertz CT molecular complexity index is 206. The number of rotatable bonds is 3. The van der Waals surface area contributed by atoms with E-state index in [0.29, 0.717) is 0 Å². The largest absolute Gasteiger partial charge is 0.314 e. The fraction of sp³-hybridized carbons (Fsp3) is 0.857. The Morgan fingerprint density at radius 1 is 1.58 bits per heavy atom. The lowest BCUT2D eigenvalue weighted by Gasteiger charge is -2.41. The van der Waals surface area contributed by atoms with Crippen molar-refractivity contribution in [3.63, 3.8) is 0 Å². The highest BCUT2D eigenvalue weighted by Gasteiger charge is 2.57. The monoisotopic (exact) mass is 193 g/mol. The second-order valence-electron chi connectivity index (χ2n) is 3.03. The van der Waals surface area contributed by atoms with E-state index in [1.165, 1.54) is 0 Å². The highest BCUT2D eigenvalue weighted by molar-refractivity contribution is 7.93. The molecule has 0 N–H and O–H groups in total. The van der Waals surface area contributed by atoms with Crippen molar-refractivity contribution in [2.75, 3.05) is 12.9 Å². The van der Waals surface area contributed by atoms with Crippen LogP contribution in [-0.2, 0) is 4.18 Å². The van der Waals surface area contributed by atoms with E-state index in [9.17, 15) is 8.78 Å². The van der Waals surface area contributed by atoms with E-state index in [1.54, 1.807) is 6.26 Å². The maximum atomic E-state index is 12.4. The van der Waals surface area contributed by atoms with Gasteiger partial charge >= 0.3 is 0 Å². The third-order valence-corrected chi connectivity index (χ3v) is 2.24. The first-order chi connectivity index (χ1) is 5.54. The molecule has 5 heteroatoms. The normalized spacial score (nSPS) is 24.2. The van der Waals surface area contributed by atoms with Crippen molar-refractivity contribution in [3.8, 4) is 6.07 Å². The lowest BCUT2D eigenvalue weighted by Crippen LogP contribution is -2.47. The zero-order valence-corrected chi connectivity index (χ0v) is 7.46. The summed E-state index contributed by atoms with van der Waals surface area (Å²) in [6, 6.07) is 1.89. The molecule has 0 spiro atoms. The molecular weight excluding hydrogens is 184 g/mol. The van der Waals surface area contributed by atoms with Crippen LogP contribution in [-0.4, -0.2) is 18.8 Å². The summed E-state index contributed by atoms with van der Waals surface area (Å²) in [7, 11) is 0. The summed E-state index contributed by atoms with van der Waals surface area (Å²) < 4.78 is 29.8. The SMILES string of the molecule is CSOCC1(C#N)CC(F)(F)C1. The maximum absolute atomic E-state index is 12.4. The molecule has 0 heterocycles. The second-order valence-corrected chi connectivity index (χ2v) is 3.60. The minimum Gasteiger partial charge on any atom is -0.314 e. The Kier molecular flexibility index (Phi) is 2.59. The topological polar surface area (TPSA) is 33.0 Å². The van der Waals surface area contributed by atoms with Crippen molar-refractivity contribution in [2.45, 2.75) is 18.8 Å². The number of alkyl halides is 2. The van der Waals surface area contributed by atoms with Crippen LogP contribution >= 0.6 is 12.0 Å². The molecule has 0 bridgehead atoms. The molecule has 1 aliphatic rings. The Balaban J connectivity index is 2.43. The van der Waals surface area contributed by atoms with Gasteiger partial charge in [-0.1, -0.05) is 0 Å². The van der Waals surface area contributed by atoms with E-state index in [0.717, 1.165) is 12.0 Å². The quantitative estimate of drug-likeness (QED) is 0.644. The maximum Gasteiger partial charge on any atom is 0.251 e. The minimum atomic E-state index is -2.66. The van der Waals surface area contributed by atoms with E-state index < -0.39 is 11.3 Å². The zero-order valence-electron chi connectivity index (χ0n) is 6.64. The molecule has 12 heavy (non-hydrogen) atoms. The summed E-state index contributed by atoms with van der Waals surface area (Å²) >= 11 is 1.10. The van der Waals surface area contributed by atoms with Crippen LogP contribution in [0.2, 0.25) is 0 Å². The van der Waals surface area contributed by atoms with Gasteiger partial charge in [-0.05, 0) is 12.0 Å². The number of nitrogens with zero attached hydrogens (tertiary/aromatic N) is 1. The van der Waals surface area contributed by atoms with Gasteiger partial charge in [-0.2, -0.15) is 5.26 Å². The zero-order chi connectivity index (χ0) is 9.24. The van der Waals surface area contributed by atoms with Crippen molar-refractivity contribution in [3.05, 3.63) is 0 Å². The van der Waals surface area contributed by atoms with E-state index in [-0.39, 0.29) is 19.4 Å². The number of nitriles is 1. The highest BCUT2D eigenvalue weighted by atomic mass is 32.2. The van der Waals surface area contributed by atoms with Gasteiger partial charge in [0.25, 0.3) is 5.92 Å². The molecule has 0 aromatic rings. The van der Waals surface area contributed by atoms with Crippen LogP contribution in [0, 0.1) is 16.7 Å². The van der Waals surface area contributed by atoms with Crippen molar-refractivity contribution in [1.29, 1.82) is 5.26 Å². The van der Waals surface area contributed by atoms with Crippen molar-refractivity contribution in [2.24, 2.45) is 5.41 Å². The molecule has 1 fully saturated rings. The van der Waals surface area contributed by atoms with Gasteiger partial charge in [0.15, 0.2) is 0 Å². The van der Waals surface area contributed by atoms with Gasteiger partial charge in [0, 0.05) is 19.1 Å². The highest BCUT2D eigenvalue weighted by Crippen LogP contribution is 2.51. The van der Waals surface area contributed by atoms with Crippen LogP contribution in [0.1, 0.15) is 12.8 Å². The molecule has 0 radical (unpaired) electrons. The van der Waals surface area contributed by atoms with Gasteiger partial charge in [0.05, 0.1) is 18.1 Å². The molecule has 1 rings (SSSR count). The lowest BCUT2D eigenvalue weighted by atomic mass is 9.68. The van der Waals surface area contributed by atoms with Gasteiger partial charge < -0.3 is 4.18 Å². The van der Waals surface area contributed by atoms with Crippen LogP contribution in [0.5, 0.6) is 0 Å². The van der Waals surface area contributed by atoms with Crippen LogP contribution in [0.25, 0.3) is 0 Å². The van der Waals surface area contributed by atoms with Crippen LogP contribution in [0.4, 0.5) is 8.78 Å². The van der Waals surface area contributed by atoms with Gasteiger partial charge in [-0.25, -0.2) is 8.78 Å². The molecule has 0 aliphatic heterocycles. The molecule has 0 aromatic heterocycles. The first-order valence-corrected chi connectivity index (χ1v) is 4.63. The molecule has 1 saturated carbocycles. The Morgan fingerprint density at radius 3 is 2.50 bits per heavy atom. The van der Waals surface area contributed by atoms with Crippen molar-refractivity contribution < 1.29 is 13.0 Å². The van der Waals surface area contributed by atoms with Gasteiger partial charge in [0.2, 0.25) is 0 Å². The summed E-state index contributed by atoms with van der Waals surface area (Å²) in [6.45, 7) is 0.0975. The molecular formula is C7H9F2NOS. The molecule has 0 amide bonds. The number of hydrogen-bond acceptors (Lipinski definition) is 3. The minimum absolute atomic E-state index is 0.0975. The second kappa shape index (κ2) is 3.19. The van der Waals surface area contributed by atoms with Gasteiger partial charge in [-0.15, -0.1) is 0 Å². The summed E-state index contributed by atoms with van der Waals surface area (Å²) in [5.74, 6) is -2.66. The van der Waals surface area contributed by atoms with Crippen LogP contribution in [0.15, 0.2) is 0 Å². The summed E-state index contributed by atoms with van der Waals surface area (Å²) in [4.78, 5) is 0. The molecule has 1 aliphatic carbocycles. The standard InChI is InChI=1S/C7H9F2NOS/c1-12-11-5-6(4-10)2-7(8,9)3-6/h2-3,5H2,1H3. The Morgan fingerprint density at radius 2 is 2.17 bits per heavy atom. The van der Waals surface area contributed by atoms with Crippen LogP contribution in [0.3, 0.4) is 0 Å². The van der Waals surface area contributed by atoms with Gasteiger partial charge in [-0.3, -0.25) is 0 Å². The Labute approximate surface area is 74.1 Å². The predicted molar refractivity (Wildman–Crippen MR) is 41.7 cm³/mol. The third kappa shape index (κ3) is 1.87. The lowest BCUT2D eigenvalue weighted by molar-refractivity contribution is -0.147. The Hall–Kier alpha value is -0.340. The molecule has 68 valence electrons. The average Bonchev–Trinajstić information content (AvgIpc) is 1.96. The molecule has 0 unspecified atom stereocenters. The first kappa shape index (κ1) is 9.75. The van der Waals surface area contributed by atoms with Crippen LogP contribution < -0.4 is 0 Å². The predicted octanol–water partition coefficient (Wildman–Crippen LogP) is 2.22. The van der Waals surface area contributed by atoms with E-state index in [2.05, 4.69) is 0 Å². The fourth-order valence-corrected chi connectivity index (χ4v) is 1.67. The third-order valence-electron chi connectivity index (χ3n) is 1.88. The average molecular weight is 193 g/mol. The molecule has 0 aromatic carbocycles. The van der Waals surface area contributed by atoms with Gasteiger partial charge in [0.1, 0.15) is 0 Å². The van der Waals surface area contributed by atoms with Crippen molar-refractivity contribution in [1.82, 2.24) is 0 Å². The summed E-state index contributed by atoms with van der Waals surface area (Å²) in [6.07, 6.45) is 0.968. The summed E-state index contributed by atoms with van der Waals surface area (Å²) in [5.41, 5.74) is -0.938. The molecule has 2 nitrogen and oxygen atoms in total. The first-order valence-electron chi connectivity index (χ1n) is 3.48. The van der Waals surface area contributed by atoms with E-state index in [1.807, 2.05) is 6.07 Å². The smallest absolute Gasteiger partial charge is 0.251 e.